The van der Waals surface area contributed by atoms with Gasteiger partial charge in [-0.3, -0.25) is 0 Å². The zero-order valence-electron chi connectivity index (χ0n) is 7.70. The third-order valence-electron chi connectivity index (χ3n) is 1.21. The number of benzene rings is 1. The minimum absolute atomic E-state index is 0. The van der Waals surface area contributed by atoms with Gasteiger partial charge in [0.05, 0.1) is 6.10 Å². The summed E-state index contributed by atoms with van der Waals surface area (Å²) in [5.41, 5.74) is 0. The molecule has 0 saturated carbocycles. The van der Waals surface area contributed by atoms with Gasteiger partial charge in [0.2, 0.25) is 0 Å². The first-order valence-corrected chi connectivity index (χ1v) is 3.63. The summed E-state index contributed by atoms with van der Waals surface area (Å²) < 4.78 is 5.23. The Bertz CT molecular complexity index is 236. The molecule has 0 radical (unpaired) electrons. The zero-order valence-corrected chi connectivity index (χ0v) is 9.70. The van der Waals surface area contributed by atoms with Gasteiger partial charge in [0.1, 0.15) is 5.75 Å². The first-order chi connectivity index (χ1) is 5.20. The molecule has 0 amide bonds. The molecule has 0 spiro atoms. The fraction of sp³-hybridized carbons (Fsp3) is 0.333. The SMILES string of the molecule is CC(C)Oc1ccccc1[O-].[Na+]. The fourth-order valence-corrected chi connectivity index (χ4v) is 0.801. The molecule has 0 unspecified atom stereocenters. The monoisotopic (exact) mass is 174 g/mol. The van der Waals surface area contributed by atoms with E-state index in [1.807, 2.05) is 13.8 Å². The summed E-state index contributed by atoms with van der Waals surface area (Å²) in [6.45, 7) is 3.79. The molecule has 3 heteroatoms. The molecule has 0 aliphatic rings. The summed E-state index contributed by atoms with van der Waals surface area (Å²) in [7, 11) is 0. The molecule has 0 saturated heterocycles. The third kappa shape index (κ3) is 3.48. The van der Waals surface area contributed by atoms with Gasteiger partial charge in [0.25, 0.3) is 0 Å². The van der Waals surface area contributed by atoms with E-state index in [2.05, 4.69) is 0 Å². The largest absolute Gasteiger partial charge is 1.00 e. The van der Waals surface area contributed by atoms with Crippen LogP contribution >= 0.6 is 0 Å². The number of rotatable bonds is 2. The van der Waals surface area contributed by atoms with E-state index in [9.17, 15) is 5.11 Å². The Kier molecular flexibility index (Phi) is 5.38. The second-order valence-corrected chi connectivity index (χ2v) is 2.61. The van der Waals surface area contributed by atoms with Gasteiger partial charge >= 0.3 is 29.6 Å². The summed E-state index contributed by atoms with van der Waals surface area (Å²) >= 11 is 0. The molecular weight excluding hydrogens is 163 g/mol. The van der Waals surface area contributed by atoms with Gasteiger partial charge < -0.3 is 9.84 Å². The molecule has 1 aromatic rings. The molecule has 12 heavy (non-hydrogen) atoms. The van der Waals surface area contributed by atoms with Crippen LogP contribution in [-0.2, 0) is 0 Å². The van der Waals surface area contributed by atoms with Crippen LogP contribution in [0.1, 0.15) is 13.8 Å². The van der Waals surface area contributed by atoms with Gasteiger partial charge in [0, 0.05) is 0 Å². The van der Waals surface area contributed by atoms with Crippen molar-refractivity contribution >= 4 is 0 Å². The molecule has 0 bridgehead atoms. The van der Waals surface area contributed by atoms with Crippen LogP contribution in [0.4, 0.5) is 0 Å². The maximum Gasteiger partial charge on any atom is 1.00 e. The third-order valence-corrected chi connectivity index (χ3v) is 1.21. The Morgan fingerprint density at radius 2 is 1.83 bits per heavy atom. The minimum Gasteiger partial charge on any atom is -0.870 e. The zero-order chi connectivity index (χ0) is 8.27. The topological polar surface area (TPSA) is 32.3 Å². The van der Waals surface area contributed by atoms with E-state index in [4.69, 9.17) is 4.74 Å². The van der Waals surface area contributed by atoms with Crippen molar-refractivity contribution in [2.24, 2.45) is 0 Å². The Balaban J connectivity index is 0.00000121. The van der Waals surface area contributed by atoms with Crippen LogP contribution in [0.15, 0.2) is 24.3 Å². The van der Waals surface area contributed by atoms with E-state index in [1.54, 1.807) is 18.2 Å². The van der Waals surface area contributed by atoms with Crippen molar-refractivity contribution < 1.29 is 39.4 Å². The molecule has 0 aliphatic heterocycles. The van der Waals surface area contributed by atoms with E-state index in [1.165, 1.54) is 6.07 Å². The van der Waals surface area contributed by atoms with Crippen molar-refractivity contribution in [2.45, 2.75) is 20.0 Å². The quantitative estimate of drug-likeness (QED) is 0.514. The minimum atomic E-state index is -0.0544. The average molecular weight is 174 g/mol. The van der Waals surface area contributed by atoms with Crippen LogP contribution in [0.5, 0.6) is 11.5 Å². The van der Waals surface area contributed by atoms with Crippen LogP contribution in [-0.4, -0.2) is 6.10 Å². The number of hydrogen-bond donors (Lipinski definition) is 0. The van der Waals surface area contributed by atoms with Gasteiger partial charge in [-0.05, 0) is 19.9 Å². The van der Waals surface area contributed by atoms with Crippen molar-refractivity contribution in [2.75, 3.05) is 0 Å². The first-order valence-electron chi connectivity index (χ1n) is 3.63. The summed E-state index contributed by atoms with van der Waals surface area (Å²) in [6.07, 6.45) is 0.0603. The maximum atomic E-state index is 11.0. The average Bonchev–Trinajstić information content (AvgIpc) is 1.93. The molecule has 0 aromatic heterocycles. The fourth-order valence-electron chi connectivity index (χ4n) is 0.801. The normalized spacial score (nSPS) is 9.25. The summed E-state index contributed by atoms with van der Waals surface area (Å²) in [4.78, 5) is 0. The van der Waals surface area contributed by atoms with Crippen LogP contribution in [0.25, 0.3) is 0 Å². The van der Waals surface area contributed by atoms with Crippen molar-refractivity contribution in [3.05, 3.63) is 24.3 Å². The van der Waals surface area contributed by atoms with Gasteiger partial charge in [-0.25, -0.2) is 0 Å². The summed E-state index contributed by atoms with van der Waals surface area (Å²) in [5.74, 6) is 0.378. The standard InChI is InChI=1S/C9H12O2.Na/c1-7(2)11-9-6-4-3-5-8(9)10;/h3-7,10H,1-2H3;/q;+1/p-1. The van der Waals surface area contributed by atoms with Crippen molar-refractivity contribution in [3.8, 4) is 11.5 Å². The van der Waals surface area contributed by atoms with Gasteiger partial charge in [-0.15, -0.1) is 0 Å². The van der Waals surface area contributed by atoms with Crippen LogP contribution in [0, 0.1) is 0 Å². The van der Waals surface area contributed by atoms with E-state index in [-0.39, 0.29) is 41.4 Å². The molecule has 1 rings (SSSR count). The summed E-state index contributed by atoms with van der Waals surface area (Å²) in [6, 6.07) is 6.68. The molecule has 1 aromatic carbocycles. The predicted octanol–water partition coefficient (Wildman–Crippen LogP) is -1.45. The Morgan fingerprint density at radius 3 is 2.33 bits per heavy atom. The molecule has 0 heterocycles. The number of para-hydroxylation sites is 2. The Hall–Kier alpha value is -0.180. The van der Waals surface area contributed by atoms with Gasteiger partial charge in [-0.2, -0.15) is 0 Å². The number of hydrogen-bond acceptors (Lipinski definition) is 2. The second kappa shape index (κ2) is 5.46. The van der Waals surface area contributed by atoms with E-state index in [0.29, 0.717) is 5.75 Å². The van der Waals surface area contributed by atoms with Crippen LogP contribution in [0.3, 0.4) is 0 Å². The van der Waals surface area contributed by atoms with Crippen molar-refractivity contribution in [1.29, 1.82) is 0 Å². The molecule has 60 valence electrons. The molecule has 0 N–H and O–H groups in total. The van der Waals surface area contributed by atoms with Crippen LogP contribution in [0.2, 0.25) is 0 Å². The van der Waals surface area contributed by atoms with E-state index in [0.717, 1.165) is 0 Å². The molecular formula is C9H11NaO2. The van der Waals surface area contributed by atoms with Crippen LogP contribution < -0.4 is 39.4 Å². The molecule has 0 atom stereocenters. The first kappa shape index (κ1) is 11.8. The smallest absolute Gasteiger partial charge is 0.870 e. The molecule has 2 nitrogen and oxygen atoms in total. The Labute approximate surface area is 94.8 Å². The maximum absolute atomic E-state index is 11.0. The molecule has 0 fully saturated rings. The van der Waals surface area contributed by atoms with Crippen molar-refractivity contribution in [3.63, 3.8) is 0 Å². The molecule has 0 aliphatic carbocycles. The second-order valence-electron chi connectivity index (χ2n) is 2.61. The van der Waals surface area contributed by atoms with Crippen molar-refractivity contribution in [1.82, 2.24) is 0 Å². The number of ether oxygens (including phenoxy) is 1. The summed E-state index contributed by atoms with van der Waals surface area (Å²) in [5, 5.41) is 11.0. The van der Waals surface area contributed by atoms with Gasteiger partial charge in [0.15, 0.2) is 0 Å². The predicted molar refractivity (Wildman–Crippen MR) is 41.7 cm³/mol. The van der Waals surface area contributed by atoms with E-state index < -0.39 is 0 Å². The van der Waals surface area contributed by atoms with Gasteiger partial charge in [-0.1, -0.05) is 23.9 Å². The van der Waals surface area contributed by atoms with E-state index >= 15 is 0 Å². The Morgan fingerprint density at radius 1 is 1.25 bits per heavy atom.